The van der Waals surface area contributed by atoms with E-state index in [0.29, 0.717) is 11.3 Å². The Morgan fingerprint density at radius 3 is 2.37 bits per heavy atom. The van der Waals surface area contributed by atoms with Crippen LogP contribution in [0, 0.1) is 19.8 Å². The van der Waals surface area contributed by atoms with Gasteiger partial charge in [0.2, 0.25) is 5.91 Å². The molecule has 1 aliphatic rings. The number of allylic oxidation sites excluding steroid dienone is 2. The first-order valence-corrected chi connectivity index (χ1v) is 6.29. The van der Waals surface area contributed by atoms with E-state index in [4.69, 9.17) is 5.11 Å². The summed E-state index contributed by atoms with van der Waals surface area (Å²) in [7, 11) is 0. The summed E-state index contributed by atoms with van der Waals surface area (Å²) in [6.07, 6.45) is 5.49. The molecule has 0 heterocycles. The van der Waals surface area contributed by atoms with Gasteiger partial charge in [-0.05, 0) is 43.9 Å². The highest BCUT2D eigenvalue weighted by Crippen LogP contribution is 2.24. The van der Waals surface area contributed by atoms with Crippen molar-refractivity contribution in [2.75, 3.05) is 5.32 Å². The lowest BCUT2D eigenvalue weighted by Gasteiger charge is -2.14. The predicted octanol–water partition coefficient (Wildman–Crippen LogP) is 2.91. The second kappa shape index (κ2) is 5.26. The van der Waals surface area contributed by atoms with Crippen molar-refractivity contribution in [3.05, 3.63) is 41.0 Å². The van der Waals surface area contributed by atoms with Crippen LogP contribution in [-0.2, 0) is 4.79 Å². The van der Waals surface area contributed by atoms with Crippen molar-refractivity contribution in [2.45, 2.75) is 26.7 Å². The lowest BCUT2D eigenvalue weighted by molar-refractivity contribution is -0.119. The zero-order valence-electron chi connectivity index (χ0n) is 11.1. The van der Waals surface area contributed by atoms with Gasteiger partial charge in [-0.15, -0.1) is 0 Å². The number of carbonyl (C=O) groups excluding carboxylic acids is 1. The monoisotopic (exact) mass is 259 g/mol. The molecule has 0 spiro atoms. The molecule has 19 heavy (non-hydrogen) atoms. The van der Waals surface area contributed by atoms with Gasteiger partial charge in [0, 0.05) is 11.6 Å². The molecule has 1 aromatic rings. The average molecular weight is 259 g/mol. The SMILES string of the molecule is Cc1cc(C)c(C(=O)O)cc1NC(=O)C1CC=CC1. The fraction of sp³-hybridized carbons (Fsp3) is 0.333. The van der Waals surface area contributed by atoms with Crippen LogP contribution in [0.15, 0.2) is 24.3 Å². The molecule has 0 saturated heterocycles. The Morgan fingerprint density at radius 2 is 1.79 bits per heavy atom. The smallest absolute Gasteiger partial charge is 0.336 e. The molecule has 2 N–H and O–H groups in total. The molecule has 0 saturated carbocycles. The van der Waals surface area contributed by atoms with Crippen LogP contribution in [0.5, 0.6) is 0 Å². The van der Waals surface area contributed by atoms with Crippen molar-refractivity contribution in [1.29, 1.82) is 0 Å². The summed E-state index contributed by atoms with van der Waals surface area (Å²) in [6, 6.07) is 3.32. The minimum atomic E-state index is -0.976. The molecule has 0 radical (unpaired) electrons. The van der Waals surface area contributed by atoms with E-state index in [1.807, 2.05) is 19.1 Å². The minimum absolute atomic E-state index is 0.0334. The van der Waals surface area contributed by atoms with E-state index in [2.05, 4.69) is 5.32 Å². The molecule has 0 bridgehead atoms. The summed E-state index contributed by atoms with van der Waals surface area (Å²) in [6.45, 7) is 3.62. The van der Waals surface area contributed by atoms with Gasteiger partial charge in [0.1, 0.15) is 0 Å². The number of aryl methyl sites for hydroxylation is 2. The molecule has 1 aromatic carbocycles. The number of rotatable bonds is 3. The number of amides is 1. The third-order valence-electron chi connectivity index (χ3n) is 3.44. The highest BCUT2D eigenvalue weighted by Gasteiger charge is 2.20. The van der Waals surface area contributed by atoms with Crippen LogP contribution in [0.4, 0.5) is 5.69 Å². The van der Waals surface area contributed by atoms with Gasteiger partial charge in [-0.1, -0.05) is 18.2 Å². The Bertz CT molecular complexity index is 553. The van der Waals surface area contributed by atoms with Crippen LogP contribution in [-0.4, -0.2) is 17.0 Å². The van der Waals surface area contributed by atoms with Crippen LogP contribution in [0.3, 0.4) is 0 Å². The zero-order chi connectivity index (χ0) is 14.0. The lowest BCUT2D eigenvalue weighted by atomic mass is 10.0. The van der Waals surface area contributed by atoms with Crippen LogP contribution in [0.25, 0.3) is 0 Å². The van der Waals surface area contributed by atoms with Crippen LogP contribution < -0.4 is 5.32 Å². The second-order valence-electron chi connectivity index (χ2n) is 4.92. The first-order valence-electron chi connectivity index (χ1n) is 6.29. The third kappa shape index (κ3) is 2.84. The number of hydrogen-bond donors (Lipinski definition) is 2. The van der Waals surface area contributed by atoms with Crippen molar-refractivity contribution < 1.29 is 14.7 Å². The Hall–Kier alpha value is -2.10. The summed E-state index contributed by atoms with van der Waals surface area (Å²) in [5.74, 6) is -1.06. The zero-order valence-corrected chi connectivity index (χ0v) is 11.1. The average Bonchev–Trinajstić information content (AvgIpc) is 2.85. The number of anilines is 1. The number of nitrogens with one attached hydrogen (secondary N) is 1. The topological polar surface area (TPSA) is 66.4 Å². The number of aromatic carboxylic acids is 1. The van der Waals surface area contributed by atoms with Gasteiger partial charge in [0.15, 0.2) is 0 Å². The molecule has 100 valence electrons. The molecule has 0 unspecified atom stereocenters. The normalized spacial score (nSPS) is 14.6. The standard InChI is InChI=1S/C15H17NO3/c1-9-7-10(2)13(8-12(9)15(18)19)16-14(17)11-5-3-4-6-11/h3-4,7-8,11H,5-6H2,1-2H3,(H,16,17)(H,18,19). The van der Waals surface area contributed by atoms with E-state index in [-0.39, 0.29) is 17.4 Å². The molecule has 4 nitrogen and oxygen atoms in total. The van der Waals surface area contributed by atoms with E-state index < -0.39 is 5.97 Å². The van der Waals surface area contributed by atoms with Crippen molar-refractivity contribution in [2.24, 2.45) is 5.92 Å². The van der Waals surface area contributed by atoms with Gasteiger partial charge in [-0.3, -0.25) is 4.79 Å². The van der Waals surface area contributed by atoms with Crippen molar-refractivity contribution >= 4 is 17.6 Å². The molecule has 1 aliphatic carbocycles. The Balaban J connectivity index is 2.22. The molecule has 0 atom stereocenters. The molecule has 4 heteroatoms. The number of carbonyl (C=O) groups is 2. The highest BCUT2D eigenvalue weighted by molar-refractivity contribution is 5.96. The minimum Gasteiger partial charge on any atom is -0.478 e. The van der Waals surface area contributed by atoms with E-state index >= 15 is 0 Å². The van der Waals surface area contributed by atoms with Crippen molar-refractivity contribution in [3.8, 4) is 0 Å². The maximum atomic E-state index is 12.0. The number of hydrogen-bond acceptors (Lipinski definition) is 2. The van der Waals surface area contributed by atoms with Gasteiger partial charge in [-0.25, -0.2) is 4.79 Å². The lowest BCUT2D eigenvalue weighted by Crippen LogP contribution is -2.21. The summed E-state index contributed by atoms with van der Waals surface area (Å²) in [5, 5.41) is 11.9. The molecule has 2 rings (SSSR count). The quantitative estimate of drug-likeness (QED) is 0.820. The van der Waals surface area contributed by atoms with Crippen molar-refractivity contribution in [3.63, 3.8) is 0 Å². The number of carboxylic acids is 1. The van der Waals surface area contributed by atoms with Gasteiger partial charge in [0.25, 0.3) is 0 Å². The Kier molecular flexibility index (Phi) is 3.69. The number of benzene rings is 1. The van der Waals surface area contributed by atoms with Gasteiger partial charge >= 0.3 is 5.97 Å². The van der Waals surface area contributed by atoms with Crippen LogP contribution in [0.1, 0.15) is 34.3 Å². The van der Waals surface area contributed by atoms with Gasteiger partial charge in [-0.2, -0.15) is 0 Å². The Labute approximate surface area is 112 Å². The van der Waals surface area contributed by atoms with Gasteiger partial charge in [0.05, 0.1) is 5.56 Å². The molecule has 1 amide bonds. The fourth-order valence-electron chi connectivity index (χ4n) is 2.28. The molecule has 0 aliphatic heterocycles. The first-order chi connectivity index (χ1) is 8.99. The van der Waals surface area contributed by atoms with E-state index in [9.17, 15) is 9.59 Å². The highest BCUT2D eigenvalue weighted by atomic mass is 16.4. The van der Waals surface area contributed by atoms with E-state index in [1.54, 1.807) is 13.0 Å². The summed E-state index contributed by atoms with van der Waals surface area (Å²) >= 11 is 0. The summed E-state index contributed by atoms with van der Waals surface area (Å²) < 4.78 is 0. The van der Waals surface area contributed by atoms with Gasteiger partial charge < -0.3 is 10.4 Å². The largest absolute Gasteiger partial charge is 0.478 e. The first kappa shape index (κ1) is 13.3. The van der Waals surface area contributed by atoms with Crippen LogP contribution >= 0.6 is 0 Å². The predicted molar refractivity (Wildman–Crippen MR) is 73.4 cm³/mol. The maximum Gasteiger partial charge on any atom is 0.336 e. The molecular formula is C15H17NO3. The third-order valence-corrected chi connectivity index (χ3v) is 3.44. The maximum absolute atomic E-state index is 12.0. The van der Waals surface area contributed by atoms with Crippen molar-refractivity contribution in [1.82, 2.24) is 0 Å². The second-order valence-corrected chi connectivity index (χ2v) is 4.92. The fourth-order valence-corrected chi connectivity index (χ4v) is 2.28. The van der Waals surface area contributed by atoms with E-state index in [0.717, 1.165) is 18.4 Å². The van der Waals surface area contributed by atoms with E-state index in [1.165, 1.54) is 6.07 Å². The Morgan fingerprint density at radius 1 is 1.16 bits per heavy atom. The molecule has 0 fully saturated rings. The number of carboxylic acid groups (broad SMARTS) is 1. The summed E-state index contributed by atoms with van der Waals surface area (Å²) in [4.78, 5) is 23.1. The molecular weight excluding hydrogens is 242 g/mol. The summed E-state index contributed by atoms with van der Waals surface area (Å²) in [5.41, 5.74) is 2.39. The molecule has 0 aromatic heterocycles. The van der Waals surface area contributed by atoms with Crippen LogP contribution in [0.2, 0.25) is 0 Å².